The van der Waals surface area contributed by atoms with Crippen LogP contribution < -0.4 is 0 Å². The number of aromatic nitrogens is 1. The summed E-state index contributed by atoms with van der Waals surface area (Å²) in [5.41, 5.74) is 3.25. The van der Waals surface area contributed by atoms with E-state index in [0.29, 0.717) is 19.8 Å². The Kier molecular flexibility index (Phi) is 2.79. The highest BCUT2D eigenvalue weighted by Gasteiger charge is 2.18. The van der Waals surface area contributed by atoms with Gasteiger partial charge in [-0.1, -0.05) is 0 Å². The second-order valence-corrected chi connectivity index (χ2v) is 3.65. The Bertz CT molecular complexity index is 299. The predicted molar refractivity (Wildman–Crippen MR) is 53.2 cm³/mol. The van der Waals surface area contributed by atoms with E-state index in [1.165, 1.54) is 5.56 Å². The zero-order chi connectivity index (χ0) is 9.97. The van der Waals surface area contributed by atoms with Gasteiger partial charge in [0, 0.05) is 5.69 Å². The molecule has 0 aliphatic carbocycles. The minimum Gasteiger partial charge on any atom is -0.376 e. The van der Waals surface area contributed by atoms with Crippen LogP contribution in [-0.2, 0) is 9.47 Å². The number of hydrogen-bond donors (Lipinski definition) is 0. The highest BCUT2D eigenvalue weighted by Crippen LogP contribution is 2.20. The van der Waals surface area contributed by atoms with Crippen molar-refractivity contribution in [3.8, 4) is 0 Å². The summed E-state index contributed by atoms with van der Waals surface area (Å²) in [4.78, 5) is 4.45. The summed E-state index contributed by atoms with van der Waals surface area (Å²) in [6, 6.07) is 4.12. The van der Waals surface area contributed by atoms with E-state index in [1.54, 1.807) is 0 Å². The van der Waals surface area contributed by atoms with Gasteiger partial charge in [0.15, 0.2) is 0 Å². The van der Waals surface area contributed by atoms with Crippen LogP contribution in [-0.4, -0.2) is 24.8 Å². The van der Waals surface area contributed by atoms with Crippen molar-refractivity contribution in [3.63, 3.8) is 0 Å². The summed E-state index contributed by atoms with van der Waals surface area (Å²) in [7, 11) is 0. The SMILES string of the molecule is Cc1cc(C)nc([C@@H]2COCCO2)c1. The number of nitrogens with zero attached hydrogens (tertiary/aromatic N) is 1. The minimum atomic E-state index is 0.0161. The summed E-state index contributed by atoms with van der Waals surface area (Å²) in [5.74, 6) is 0. The Labute approximate surface area is 84.1 Å². The molecule has 0 bridgehead atoms. The molecule has 1 aliphatic rings. The van der Waals surface area contributed by atoms with Gasteiger partial charge in [0.1, 0.15) is 6.10 Å². The molecule has 0 unspecified atom stereocenters. The molecule has 14 heavy (non-hydrogen) atoms. The van der Waals surface area contributed by atoms with Crippen LogP contribution in [0.25, 0.3) is 0 Å². The highest BCUT2D eigenvalue weighted by atomic mass is 16.6. The lowest BCUT2D eigenvalue weighted by atomic mass is 10.1. The summed E-state index contributed by atoms with van der Waals surface area (Å²) in [5, 5.41) is 0. The average Bonchev–Trinajstić information content (AvgIpc) is 2.18. The van der Waals surface area contributed by atoms with E-state index in [1.807, 2.05) is 6.92 Å². The molecule has 1 saturated heterocycles. The predicted octanol–water partition coefficient (Wildman–Crippen LogP) is 1.79. The molecule has 76 valence electrons. The van der Waals surface area contributed by atoms with Crippen LogP contribution in [0.2, 0.25) is 0 Å². The van der Waals surface area contributed by atoms with E-state index in [4.69, 9.17) is 9.47 Å². The van der Waals surface area contributed by atoms with E-state index < -0.39 is 0 Å². The average molecular weight is 193 g/mol. The molecule has 0 aromatic carbocycles. The maximum atomic E-state index is 5.59. The smallest absolute Gasteiger partial charge is 0.123 e. The van der Waals surface area contributed by atoms with Crippen LogP contribution in [0.4, 0.5) is 0 Å². The molecule has 0 spiro atoms. The molecule has 1 fully saturated rings. The van der Waals surface area contributed by atoms with E-state index in [2.05, 4.69) is 24.0 Å². The molecule has 3 nitrogen and oxygen atoms in total. The third-order valence-electron chi connectivity index (χ3n) is 2.26. The van der Waals surface area contributed by atoms with E-state index in [9.17, 15) is 0 Å². The van der Waals surface area contributed by atoms with Crippen LogP contribution in [0.1, 0.15) is 23.1 Å². The van der Waals surface area contributed by atoms with Crippen molar-refractivity contribution in [1.29, 1.82) is 0 Å². The first-order valence-electron chi connectivity index (χ1n) is 4.90. The molecule has 2 rings (SSSR count). The topological polar surface area (TPSA) is 31.4 Å². The van der Waals surface area contributed by atoms with E-state index >= 15 is 0 Å². The highest BCUT2D eigenvalue weighted by molar-refractivity contribution is 5.21. The fourth-order valence-electron chi connectivity index (χ4n) is 1.70. The number of ether oxygens (including phenoxy) is 2. The Morgan fingerprint density at radius 1 is 1.29 bits per heavy atom. The number of pyridine rings is 1. The van der Waals surface area contributed by atoms with Crippen molar-refractivity contribution < 1.29 is 9.47 Å². The van der Waals surface area contributed by atoms with Gasteiger partial charge in [0.25, 0.3) is 0 Å². The summed E-state index contributed by atoms with van der Waals surface area (Å²) in [6.45, 7) is 6.05. The van der Waals surface area contributed by atoms with Gasteiger partial charge in [-0.3, -0.25) is 4.98 Å². The monoisotopic (exact) mass is 193 g/mol. The van der Waals surface area contributed by atoms with Gasteiger partial charge in [-0.05, 0) is 31.5 Å². The maximum absolute atomic E-state index is 5.59. The molecule has 1 atom stereocenters. The molecule has 3 heteroatoms. The first kappa shape index (κ1) is 9.62. The normalized spacial score (nSPS) is 22.3. The zero-order valence-corrected chi connectivity index (χ0v) is 8.62. The van der Waals surface area contributed by atoms with E-state index in [-0.39, 0.29) is 6.10 Å². The van der Waals surface area contributed by atoms with Gasteiger partial charge in [0.2, 0.25) is 0 Å². The van der Waals surface area contributed by atoms with Crippen molar-refractivity contribution in [3.05, 3.63) is 29.1 Å². The molecule has 0 N–H and O–H groups in total. The zero-order valence-electron chi connectivity index (χ0n) is 8.62. The summed E-state index contributed by atoms with van der Waals surface area (Å²) < 4.78 is 10.9. The molecular formula is C11H15NO2. The number of rotatable bonds is 1. The lowest BCUT2D eigenvalue weighted by molar-refractivity contribution is -0.0918. The van der Waals surface area contributed by atoms with Crippen LogP contribution in [0, 0.1) is 13.8 Å². The van der Waals surface area contributed by atoms with Crippen LogP contribution in [0.3, 0.4) is 0 Å². The summed E-state index contributed by atoms with van der Waals surface area (Å²) >= 11 is 0. The number of hydrogen-bond acceptors (Lipinski definition) is 3. The minimum absolute atomic E-state index is 0.0161. The molecule has 2 heterocycles. The molecular weight excluding hydrogens is 178 g/mol. The Morgan fingerprint density at radius 2 is 2.14 bits per heavy atom. The molecule has 0 amide bonds. The second-order valence-electron chi connectivity index (χ2n) is 3.65. The third kappa shape index (κ3) is 2.11. The van der Waals surface area contributed by atoms with Gasteiger partial charge < -0.3 is 9.47 Å². The van der Waals surface area contributed by atoms with Crippen molar-refractivity contribution in [2.24, 2.45) is 0 Å². The van der Waals surface area contributed by atoms with Gasteiger partial charge in [-0.15, -0.1) is 0 Å². The lowest BCUT2D eigenvalue weighted by Crippen LogP contribution is -2.22. The second kappa shape index (κ2) is 4.07. The molecule has 0 radical (unpaired) electrons. The first-order chi connectivity index (χ1) is 6.75. The van der Waals surface area contributed by atoms with Crippen molar-refractivity contribution >= 4 is 0 Å². The Balaban J connectivity index is 2.21. The first-order valence-corrected chi connectivity index (χ1v) is 4.90. The Morgan fingerprint density at radius 3 is 2.79 bits per heavy atom. The molecule has 1 aromatic heterocycles. The largest absolute Gasteiger partial charge is 0.376 e. The molecule has 1 aliphatic heterocycles. The van der Waals surface area contributed by atoms with Crippen LogP contribution >= 0.6 is 0 Å². The Hall–Kier alpha value is -0.930. The van der Waals surface area contributed by atoms with E-state index in [0.717, 1.165) is 11.4 Å². The van der Waals surface area contributed by atoms with Gasteiger partial charge in [-0.2, -0.15) is 0 Å². The van der Waals surface area contributed by atoms with Crippen molar-refractivity contribution in [1.82, 2.24) is 4.98 Å². The molecule has 1 aromatic rings. The van der Waals surface area contributed by atoms with Crippen LogP contribution in [0.5, 0.6) is 0 Å². The third-order valence-corrected chi connectivity index (χ3v) is 2.26. The fraction of sp³-hybridized carbons (Fsp3) is 0.545. The van der Waals surface area contributed by atoms with Crippen molar-refractivity contribution in [2.75, 3.05) is 19.8 Å². The molecule has 0 saturated carbocycles. The van der Waals surface area contributed by atoms with Crippen molar-refractivity contribution in [2.45, 2.75) is 20.0 Å². The standard InChI is InChI=1S/C11H15NO2/c1-8-5-9(2)12-10(6-8)11-7-13-3-4-14-11/h5-6,11H,3-4,7H2,1-2H3/t11-/m0/s1. The van der Waals surface area contributed by atoms with Crippen LogP contribution in [0.15, 0.2) is 12.1 Å². The quantitative estimate of drug-likeness (QED) is 0.681. The van der Waals surface area contributed by atoms with Gasteiger partial charge in [-0.25, -0.2) is 0 Å². The summed E-state index contributed by atoms with van der Waals surface area (Å²) in [6.07, 6.45) is 0.0161. The fourth-order valence-corrected chi connectivity index (χ4v) is 1.70. The van der Waals surface area contributed by atoms with Gasteiger partial charge in [0.05, 0.1) is 25.5 Å². The maximum Gasteiger partial charge on any atom is 0.123 e. The lowest BCUT2D eigenvalue weighted by Gasteiger charge is -2.22. The van der Waals surface area contributed by atoms with Gasteiger partial charge >= 0.3 is 0 Å². The number of aryl methyl sites for hydroxylation is 2.